The summed E-state index contributed by atoms with van der Waals surface area (Å²) in [7, 11) is -0.757. The molecule has 0 bridgehead atoms. The Balaban J connectivity index is 2.37. The van der Waals surface area contributed by atoms with E-state index in [1.54, 1.807) is 24.3 Å². The predicted octanol–water partition coefficient (Wildman–Crippen LogP) is 2.61. The maximum atomic E-state index is 12.7. The Labute approximate surface area is 137 Å². The van der Waals surface area contributed by atoms with E-state index in [0.717, 1.165) is 10.00 Å². The van der Waals surface area contributed by atoms with Crippen LogP contribution in [0, 0.1) is 0 Å². The van der Waals surface area contributed by atoms with Crippen LogP contribution < -0.4 is 9.04 Å². The number of hydrogen-bond donors (Lipinski definition) is 0. The fraction of sp³-hybridized carbons (Fsp3) is 0.375. The highest BCUT2D eigenvalue weighted by atomic mass is 32.2. The van der Waals surface area contributed by atoms with Crippen molar-refractivity contribution in [1.29, 1.82) is 0 Å². The molecule has 2 rings (SSSR count). The molecule has 0 aliphatic heterocycles. The van der Waals surface area contributed by atoms with Crippen LogP contribution in [0.5, 0.6) is 5.75 Å². The quantitative estimate of drug-likeness (QED) is 0.859. The molecule has 6 nitrogen and oxygen atoms in total. The number of methoxy groups -OCH3 is 1. The van der Waals surface area contributed by atoms with Gasteiger partial charge in [0.25, 0.3) is 10.0 Å². The molecule has 0 radical (unpaired) electrons. The van der Waals surface area contributed by atoms with Crippen LogP contribution >= 0.6 is 0 Å². The summed E-state index contributed by atoms with van der Waals surface area (Å²) < 4.78 is 31.6. The number of sulfonamides is 1. The van der Waals surface area contributed by atoms with Gasteiger partial charge in [0.2, 0.25) is 0 Å². The molecule has 0 aromatic carbocycles. The number of anilines is 1. The number of nitrogens with zero attached hydrogens (tertiary/aromatic N) is 3. The van der Waals surface area contributed by atoms with Gasteiger partial charge < -0.3 is 4.74 Å². The SMILES string of the molecule is COc1ccnc(N(C)S(=O)(=O)c2ccc(C(C)(C)C)nc2)c1. The highest BCUT2D eigenvalue weighted by Crippen LogP contribution is 2.25. The Hall–Kier alpha value is -2.15. The van der Waals surface area contributed by atoms with Gasteiger partial charge in [-0.1, -0.05) is 20.8 Å². The van der Waals surface area contributed by atoms with E-state index in [9.17, 15) is 8.42 Å². The number of aromatic nitrogens is 2. The first-order valence-electron chi connectivity index (χ1n) is 7.12. The number of ether oxygens (including phenoxy) is 1. The molecule has 2 heterocycles. The average molecular weight is 335 g/mol. The molecule has 0 aliphatic carbocycles. The van der Waals surface area contributed by atoms with E-state index in [4.69, 9.17) is 4.74 Å². The molecule has 23 heavy (non-hydrogen) atoms. The van der Waals surface area contributed by atoms with Gasteiger partial charge in [-0.15, -0.1) is 0 Å². The molecule has 2 aromatic rings. The van der Waals surface area contributed by atoms with E-state index in [0.29, 0.717) is 5.75 Å². The third-order valence-corrected chi connectivity index (χ3v) is 5.18. The molecule has 0 saturated carbocycles. The molecule has 0 fully saturated rings. The molecule has 0 atom stereocenters. The second-order valence-corrected chi connectivity index (χ2v) is 8.12. The number of hydrogen-bond acceptors (Lipinski definition) is 5. The van der Waals surface area contributed by atoms with Gasteiger partial charge in [-0.3, -0.25) is 9.29 Å². The first-order chi connectivity index (χ1) is 10.7. The van der Waals surface area contributed by atoms with Crippen LogP contribution in [0.4, 0.5) is 5.82 Å². The summed E-state index contributed by atoms with van der Waals surface area (Å²) in [5.41, 5.74) is 0.696. The van der Waals surface area contributed by atoms with Crippen LogP contribution in [0.15, 0.2) is 41.6 Å². The van der Waals surface area contributed by atoms with E-state index in [-0.39, 0.29) is 16.1 Å². The Morgan fingerprint density at radius 1 is 1.13 bits per heavy atom. The highest BCUT2D eigenvalue weighted by Gasteiger charge is 2.24. The normalized spacial score (nSPS) is 12.0. The summed E-state index contributed by atoms with van der Waals surface area (Å²) in [5, 5.41) is 0. The van der Waals surface area contributed by atoms with Gasteiger partial charge in [0, 0.05) is 36.6 Å². The van der Waals surface area contributed by atoms with Gasteiger partial charge >= 0.3 is 0 Å². The van der Waals surface area contributed by atoms with E-state index < -0.39 is 10.0 Å². The molecular weight excluding hydrogens is 314 g/mol. The number of rotatable bonds is 4. The van der Waals surface area contributed by atoms with Crippen molar-refractivity contribution in [2.75, 3.05) is 18.5 Å². The summed E-state index contributed by atoms with van der Waals surface area (Å²) in [5.74, 6) is 0.822. The summed E-state index contributed by atoms with van der Waals surface area (Å²) in [6.45, 7) is 6.07. The lowest BCUT2D eigenvalue weighted by atomic mass is 9.92. The minimum atomic E-state index is -3.73. The fourth-order valence-electron chi connectivity index (χ4n) is 1.96. The van der Waals surface area contributed by atoms with Crippen LogP contribution in [0.3, 0.4) is 0 Å². The van der Waals surface area contributed by atoms with Crippen molar-refractivity contribution < 1.29 is 13.2 Å². The molecule has 0 amide bonds. The van der Waals surface area contributed by atoms with E-state index in [1.165, 1.54) is 26.6 Å². The van der Waals surface area contributed by atoms with Crippen molar-refractivity contribution in [3.05, 3.63) is 42.4 Å². The molecule has 124 valence electrons. The zero-order valence-electron chi connectivity index (χ0n) is 13.9. The molecule has 2 aromatic heterocycles. The Morgan fingerprint density at radius 2 is 1.83 bits per heavy atom. The van der Waals surface area contributed by atoms with Crippen molar-refractivity contribution >= 4 is 15.8 Å². The summed E-state index contributed by atoms with van der Waals surface area (Å²) in [6, 6.07) is 6.53. The van der Waals surface area contributed by atoms with Gasteiger partial charge in [0.05, 0.1) is 7.11 Å². The van der Waals surface area contributed by atoms with Crippen LogP contribution in [0.1, 0.15) is 26.5 Å². The standard InChI is InChI=1S/C16H21N3O3S/c1-16(2,3)14-7-6-13(11-18-14)23(20,21)19(4)15-10-12(22-5)8-9-17-15/h6-11H,1-5H3. The monoisotopic (exact) mass is 335 g/mol. The zero-order chi connectivity index (χ0) is 17.3. The first kappa shape index (κ1) is 17.2. The third-order valence-electron chi connectivity index (χ3n) is 3.44. The van der Waals surface area contributed by atoms with Crippen molar-refractivity contribution in [2.45, 2.75) is 31.1 Å². The van der Waals surface area contributed by atoms with Crippen molar-refractivity contribution in [3.8, 4) is 5.75 Å². The second kappa shape index (κ2) is 6.16. The van der Waals surface area contributed by atoms with Crippen LogP contribution in [-0.2, 0) is 15.4 Å². The van der Waals surface area contributed by atoms with E-state index in [2.05, 4.69) is 9.97 Å². The molecule has 0 aliphatic rings. The lowest BCUT2D eigenvalue weighted by Gasteiger charge is -2.20. The fourth-order valence-corrected chi connectivity index (χ4v) is 3.04. The zero-order valence-corrected chi connectivity index (χ0v) is 14.8. The molecule has 0 saturated heterocycles. The second-order valence-electron chi connectivity index (χ2n) is 6.16. The van der Waals surface area contributed by atoms with Crippen LogP contribution in [0.25, 0.3) is 0 Å². The Bertz CT molecular complexity index is 781. The lowest BCUT2D eigenvalue weighted by molar-refractivity contribution is 0.414. The largest absolute Gasteiger partial charge is 0.497 e. The molecule has 0 N–H and O–H groups in total. The molecule has 0 unspecified atom stereocenters. The third kappa shape index (κ3) is 3.61. The van der Waals surface area contributed by atoms with Gasteiger partial charge in [0.1, 0.15) is 16.5 Å². The molecule has 0 spiro atoms. The Kier molecular flexibility index (Phi) is 4.61. The average Bonchev–Trinajstić information content (AvgIpc) is 2.53. The summed E-state index contributed by atoms with van der Waals surface area (Å²) >= 11 is 0. The summed E-state index contributed by atoms with van der Waals surface area (Å²) in [6.07, 6.45) is 2.88. The van der Waals surface area contributed by atoms with E-state index in [1.807, 2.05) is 20.8 Å². The molecule has 7 heteroatoms. The smallest absolute Gasteiger partial charge is 0.266 e. The van der Waals surface area contributed by atoms with Gasteiger partial charge in [0.15, 0.2) is 0 Å². The Morgan fingerprint density at radius 3 is 2.35 bits per heavy atom. The van der Waals surface area contributed by atoms with Crippen LogP contribution in [-0.4, -0.2) is 32.5 Å². The van der Waals surface area contributed by atoms with Gasteiger partial charge in [-0.2, -0.15) is 0 Å². The maximum absolute atomic E-state index is 12.7. The first-order valence-corrected chi connectivity index (χ1v) is 8.56. The maximum Gasteiger partial charge on any atom is 0.266 e. The topological polar surface area (TPSA) is 72.4 Å². The van der Waals surface area contributed by atoms with Crippen molar-refractivity contribution in [3.63, 3.8) is 0 Å². The molecular formula is C16H21N3O3S. The van der Waals surface area contributed by atoms with Gasteiger partial charge in [-0.25, -0.2) is 13.4 Å². The number of pyridine rings is 2. The summed E-state index contributed by atoms with van der Waals surface area (Å²) in [4.78, 5) is 8.48. The van der Waals surface area contributed by atoms with E-state index >= 15 is 0 Å². The van der Waals surface area contributed by atoms with Crippen LogP contribution in [0.2, 0.25) is 0 Å². The van der Waals surface area contributed by atoms with Crippen molar-refractivity contribution in [2.24, 2.45) is 0 Å². The van der Waals surface area contributed by atoms with Gasteiger partial charge in [-0.05, 0) is 18.2 Å². The highest BCUT2D eigenvalue weighted by molar-refractivity contribution is 7.92. The predicted molar refractivity (Wildman–Crippen MR) is 89.3 cm³/mol. The lowest BCUT2D eigenvalue weighted by Crippen LogP contribution is -2.27. The van der Waals surface area contributed by atoms with Crippen molar-refractivity contribution in [1.82, 2.24) is 9.97 Å². The minimum Gasteiger partial charge on any atom is -0.497 e. The minimum absolute atomic E-state index is 0.123.